The van der Waals surface area contributed by atoms with Crippen molar-refractivity contribution < 1.29 is 18.7 Å². The molecule has 1 saturated heterocycles. The van der Waals surface area contributed by atoms with E-state index in [9.17, 15) is 9.18 Å². The lowest BCUT2D eigenvalue weighted by Gasteiger charge is -2.14. The van der Waals surface area contributed by atoms with E-state index in [4.69, 9.17) is 33.3 Å². The highest BCUT2D eigenvalue weighted by atomic mass is 35.5. The molecule has 1 amide bonds. The normalized spacial score (nSPS) is 14.8. The number of halogens is 2. The summed E-state index contributed by atoms with van der Waals surface area (Å²) in [5, 5.41) is 0.369. The van der Waals surface area contributed by atoms with Crippen LogP contribution in [0.5, 0.6) is 11.5 Å². The lowest BCUT2D eigenvalue weighted by atomic mass is 10.2. The predicted octanol–water partition coefficient (Wildman–Crippen LogP) is 6.47. The number of rotatable bonds is 7. The van der Waals surface area contributed by atoms with E-state index in [-0.39, 0.29) is 18.3 Å². The number of carbonyl (C=O) groups is 1. The molecule has 0 saturated carbocycles. The van der Waals surface area contributed by atoms with Gasteiger partial charge < -0.3 is 9.47 Å². The Kier molecular flexibility index (Phi) is 7.33. The highest BCUT2D eigenvalue weighted by molar-refractivity contribution is 8.26. The van der Waals surface area contributed by atoms with Crippen LogP contribution in [0.4, 0.5) is 4.39 Å². The highest BCUT2D eigenvalue weighted by Crippen LogP contribution is 2.35. The fraction of sp³-hybridized carbons (Fsp3) is 0.120. The monoisotopic (exact) mass is 499 g/mol. The summed E-state index contributed by atoms with van der Waals surface area (Å²) in [6.45, 7) is 0.450. The second-order valence-electron chi connectivity index (χ2n) is 7.19. The molecule has 0 aromatic heterocycles. The number of nitrogens with zero attached hydrogens (tertiary/aromatic N) is 1. The first kappa shape index (κ1) is 23.3. The van der Waals surface area contributed by atoms with Gasteiger partial charge in [0.15, 0.2) is 0 Å². The Hall–Kier alpha value is -2.87. The van der Waals surface area contributed by atoms with Crippen LogP contribution < -0.4 is 9.47 Å². The summed E-state index contributed by atoms with van der Waals surface area (Å²) in [6, 6.07) is 19.1. The van der Waals surface area contributed by atoms with Crippen LogP contribution in [0.1, 0.15) is 16.7 Å². The van der Waals surface area contributed by atoms with Crippen molar-refractivity contribution in [1.82, 2.24) is 4.90 Å². The van der Waals surface area contributed by atoms with Gasteiger partial charge in [-0.15, -0.1) is 0 Å². The molecule has 1 aliphatic rings. The molecule has 3 aromatic carbocycles. The molecule has 0 spiro atoms. The number of amides is 1. The quantitative estimate of drug-likeness (QED) is 0.275. The highest BCUT2D eigenvalue weighted by Gasteiger charge is 2.32. The third-order valence-electron chi connectivity index (χ3n) is 4.97. The molecular formula is C25H19ClFNO3S2. The molecule has 4 rings (SSSR count). The number of hydrogen-bond donors (Lipinski definition) is 0. The van der Waals surface area contributed by atoms with Crippen molar-refractivity contribution in [2.24, 2.45) is 0 Å². The number of methoxy groups -OCH3 is 1. The fourth-order valence-corrected chi connectivity index (χ4v) is 4.69. The van der Waals surface area contributed by atoms with Gasteiger partial charge in [0.2, 0.25) is 0 Å². The summed E-state index contributed by atoms with van der Waals surface area (Å²) >= 11 is 13.0. The SMILES string of the molecule is COc1ccc(CN2C(=O)C(=Cc3ccc(OCc4ccccc4F)c(Cl)c3)SC2=S)cc1. The topological polar surface area (TPSA) is 38.8 Å². The number of thiocarbonyl (C=S) groups is 1. The molecule has 33 heavy (non-hydrogen) atoms. The third-order valence-corrected chi connectivity index (χ3v) is 6.64. The molecule has 0 N–H and O–H groups in total. The Balaban J connectivity index is 1.44. The van der Waals surface area contributed by atoms with Crippen molar-refractivity contribution in [2.75, 3.05) is 7.11 Å². The van der Waals surface area contributed by atoms with Gasteiger partial charge in [-0.3, -0.25) is 9.69 Å². The fourth-order valence-electron chi connectivity index (χ4n) is 3.20. The second-order valence-corrected chi connectivity index (χ2v) is 9.27. The zero-order valence-corrected chi connectivity index (χ0v) is 20.0. The van der Waals surface area contributed by atoms with E-state index in [1.165, 1.54) is 17.8 Å². The van der Waals surface area contributed by atoms with Crippen molar-refractivity contribution in [2.45, 2.75) is 13.2 Å². The van der Waals surface area contributed by atoms with Crippen molar-refractivity contribution in [3.05, 3.63) is 99.2 Å². The molecule has 1 fully saturated rings. The first-order chi connectivity index (χ1) is 15.9. The van der Waals surface area contributed by atoms with Crippen molar-refractivity contribution >= 4 is 51.9 Å². The van der Waals surface area contributed by atoms with E-state index in [1.807, 2.05) is 24.3 Å². The lowest BCUT2D eigenvalue weighted by Crippen LogP contribution is -2.27. The largest absolute Gasteiger partial charge is 0.497 e. The first-order valence-electron chi connectivity index (χ1n) is 9.98. The van der Waals surface area contributed by atoms with Crippen LogP contribution in [0.25, 0.3) is 6.08 Å². The van der Waals surface area contributed by atoms with Crippen molar-refractivity contribution in [3.8, 4) is 11.5 Å². The summed E-state index contributed by atoms with van der Waals surface area (Å²) in [7, 11) is 1.61. The van der Waals surface area contributed by atoms with Gasteiger partial charge >= 0.3 is 0 Å². The Bertz CT molecular complexity index is 1230. The van der Waals surface area contributed by atoms with E-state index >= 15 is 0 Å². The molecule has 0 radical (unpaired) electrons. The van der Waals surface area contributed by atoms with E-state index in [0.29, 0.717) is 32.1 Å². The van der Waals surface area contributed by atoms with E-state index in [2.05, 4.69) is 0 Å². The minimum Gasteiger partial charge on any atom is -0.497 e. The molecule has 0 unspecified atom stereocenters. The molecule has 3 aromatic rings. The maximum Gasteiger partial charge on any atom is 0.266 e. The van der Waals surface area contributed by atoms with Gasteiger partial charge in [-0.2, -0.15) is 0 Å². The van der Waals surface area contributed by atoms with Gasteiger partial charge in [0.05, 0.1) is 23.6 Å². The molecule has 1 aliphatic heterocycles. The Labute approximate surface area is 206 Å². The van der Waals surface area contributed by atoms with Gasteiger partial charge in [0, 0.05) is 5.56 Å². The molecule has 0 atom stereocenters. The van der Waals surface area contributed by atoms with Gasteiger partial charge in [-0.25, -0.2) is 4.39 Å². The van der Waals surface area contributed by atoms with E-state index in [1.54, 1.807) is 54.5 Å². The van der Waals surface area contributed by atoms with Gasteiger partial charge in [0.25, 0.3) is 5.91 Å². The van der Waals surface area contributed by atoms with Gasteiger partial charge in [-0.1, -0.05) is 72.0 Å². The van der Waals surface area contributed by atoms with Crippen LogP contribution in [0.3, 0.4) is 0 Å². The summed E-state index contributed by atoms with van der Waals surface area (Å²) in [5.74, 6) is 0.699. The maximum absolute atomic E-state index is 13.8. The number of carbonyl (C=O) groups excluding carboxylic acids is 1. The number of thioether (sulfide) groups is 1. The molecule has 4 nitrogen and oxygen atoms in total. The molecule has 168 valence electrons. The molecular weight excluding hydrogens is 481 g/mol. The maximum atomic E-state index is 13.8. The van der Waals surface area contributed by atoms with Crippen molar-refractivity contribution in [3.63, 3.8) is 0 Å². The Morgan fingerprint density at radius 1 is 1.12 bits per heavy atom. The van der Waals surface area contributed by atoms with Crippen molar-refractivity contribution in [1.29, 1.82) is 0 Å². The van der Waals surface area contributed by atoms with E-state index < -0.39 is 0 Å². The van der Waals surface area contributed by atoms with Crippen LogP contribution in [-0.4, -0.2) is 22.2 Å². The average Bonchev–Trinajstić information content (AvgIpc) is 3.07. The lowest BCUT2D eigenvalue weighted by molar-refractivity contribution is -0.122. The predicted molar refractivity (Wildman–Crippen MR) is 134 cm³/mol. The number of ether oxygens (including phenoxy) is 2. The van der Waals surface area contributed by atoms with Gasteiger partial charge in [0.1, 0.15) is 28.2 Å². The Morgan fingerprint density at radius 2 is 1.88 bits per heavy atom. The third kappa shape index (κ3) is 5.55. The standard InChI is InChI=1S/C25H19ClFNO3S2/c1-30-19-9-6-16(7-10-19)14-28-24(29)23(33-25(28)32)13-17-8-11-22(20(26)12-17)31-15-18-4-2-3-5-21(18)27/h2-13H,14-15H2,1H3. The van der Waals surface area contributed by atoms with E-state index in [0.717, 1.165) is 16.9 Å². The smallest absolute Gasteiger partial charge is 0.266 e. The number of benzene rings is 3. The van der Waals surface area contributed by atoms with Crippen LogP contribution in [-0.2, 0) is 17.9 Å². The molecule has 0 bridgehead atoms. The van der Waals surface area contributed by atoms with Crippen LogP contribution in [0, 0.1) is 5.82 Å². The molecule has 1 heterocycles. The summed E-state index contributed by atoms with van der Waals surface area (Å²) in [5.41, 5.74) is 2.13. The van der Waals surface area contributed by atoms with Gasteiger partial charge in [-0.05, 0) is 47.5 Å². The average molecular weight is 500 g/mol. The minimum atomic E-state index is -0.332. The summed E-state index contributed by atoms with van der Waals surface area (Å²) < 4.78 is 25.1. The second kappa shape index (κ2) is 10.4. The molecule has 0 aliphatic carbocycles. The summed E-state index contributed by atoms with van der Waals surface area (Å²) in [6.07, 6.45) is 1.75. The zero-order valence-electron chi connectivity index (χ0n) is 17.6. The number of hydrogen-bond acceptors (Lipinski definition) is 5. The zero-order chi connectivity index (χ0) is 23.4. The van der Waals surface area contributed by atoms with Crippen LogP contribution in [0.15, 0.2) is 71.6 Å². The molecule has 8 heteroatoms. The summed E-state index contributed by atoms with van der Waals surface area (Å²) in [4.78, 5) is 15.0. The minimum absolute atomic E-state index is 0.0652. The first-order valence-corrected chi connectivity index (χ1v) is 11.6. The van der Waals surface area contributed by atoms with Crippen LogP contribution >= 0.6 is 35.6 Å². The van der Waals surface area contributed by atoms with Crippen LogP contribution in [0.2, 0.25) is 5.02 Å². The Morgan fingerprint density at radius 3 is 2.58 bits per heavy atom.